The van der Waals surface area contributed by atoms with E-state index in [1.807, 2.05) is 0 Å². The molecule has 0 aliphatic rings. The summed E-state index contributed by atoms with van der Waals surface area (Å²) in [6.45, 7) is 4.71. The molecular formula is C3H5O2Os-. The van der Waals surface area contributed by atoms with Crippen molar-refractivity contribution < 1.29 is 24.0 Å². The van der Waals surface area contributed by atoms with Crippen molar-refractivity contribution in [1.82, 2.24) is 0 Å². The van der Waals surface area contributed by atoms with Crippen LogP contribution in [0.1, 0.15) is 6.92 Å². The standard InChI is InChI=1S/C3H5.2O.Os/c1-3-2;;;/h1H2,2H3;;;/q;;-1;. The molecule has 0 fully saturated rings. The molecule has 0 radical (unpaired) electrons. The van der Waals surface area contributed by atoms with E-state index in [1.165, 1.54) is 6.92 Å². The third kappa shape index (κ3) is 2.38. The molecule has 0 atom stereocenters. The molecule has 0 N–H and O–H groups in total. The van der Waals surface area contributed by atoms with E-state index >= 15 is 0 Å². The zero-order valence-electron chi connectivity index (χ0n) is 3.38. The Labute approximate surface area is 42.2 Å². The van der Waals surface area contributed by atoms with E-state index in [4.69, 9.17) is 0 Å². The Morgan fingerprint density at radius 2 is 2.17 bits per heavy atom. The monoisotopic (exact) mass is 265 g/mol. The quantitative estimate of drug-likeness (QED) is 0.655. The molecule has 0 unspecified atom stereocenters. The number of hydrogen-bond donors (Lipinski definition) is 0. The molecule has 0 aliphatic carbocycles. The predicted octanol–water partition coefficient (Wildman–Crippen LogP) is -0.241. The van der Waals surface area contributed by atoms with Gasteiger partial charge in [-0.2, -0.15) is 0 Å². The Morgan fingerprint density at radius 1 is 2.00 bits per heavy atom. The van der Waals surface area contributed by atoms with Crippen LogP contribution in [0.25, 0.3) is 0 Å². The second-order valence-corrected chi connectivity index (χ2v) is 4.49. The van der Waals surface area contributed by atoms with Gasteiger partial charge in [-0.15, -0.1) is 0 Å². The van der Waals surface area contributed by atoms with Crippen molar-refractivity contribution in [3.63, 3.8) is 0 Å². The van der Waals surface area contributed by atoms with Crippen molar-refractivity contribution in [3.05, 3.63) is 10.7 Å². The first kappa shape index (κ1) is 6.14. The van der Waals surface area contributed by atoms with Crippen LogP contribution in [-0.4, -0.2) is 0 Å². The number of allylic oxidation sites excluding steroid dienone is 1. The number of hydrogen-bond acceptors (Lipinski definition) is 2. The molecule has 0 aromatic heterocycles. The second kappa shape index (κ2) is 2.33. The maximum atomic E-state index is 9.75. The summed E-state index contributed by atoms with van der Waals surface area (Å²) in [7, 11) is 0. The van der Waals surface area contributed by atoms with E-state index in [1.54, 1.807) is 0 Å². The predicted molar refractivity (Wildman–Crippen MR) is 15.5 cm³/mol. The Balaban J connectivity index is 3.57. The summed E-state index contributed by atoms with van der Waals surface area (Å²) in [6.07, 6.45) is 0. The Bertz CT molecular complexity index is 74.8. The van der Waals surface area contributed by atoms with Gasteiger partial charge >= 0.3 is 41.6 Å². The Morgan fingerprint density at radius 3 is 2.17 bits per heavy atom. The van der Waals surface area contributed by atoms with Crippen molar-refractivity contribution >= 4 is 0 Å². The van der Waals surface area contributed by atoms with E-state index in [-0.39, 0.29) is 0 Å². The Kier molecular flexibility index (Phi) is 2.39. The van der Waals surface area contributed by atoms with E-state index in [0.29, 0.717) is 4.13 Å². The third-order valence-electron chi connectivity index (χ3n) is 0.246. The van der Waals surface area contributed by atoms with Gasteiger partial charge in [-0.05, 0) is 0 Å². The van der Waals surface area contributed by atoms with Gasteiger partial charge in [0.25, 0.3) is 0 Å². The third-order valence-corrected chi connectivity index (χ3v) is 2.02. The van der Waals surface area contributed by atoms with Crippen LogP contribution in [-0.2, 0) is 20.1 Å². The molecule has 2 nitrogen and oxygen atoms in total. The van der Waals surface area contributed by atoms with Gasteiger partial charge in [0.05, 0.1) is 0 Å². The molecule has 0 aliphatic heterocycles. The number of rotatable bonds is 1. The first-order valence-electron chi connectivity index (χ1n) is 1.32. The molecule has 3 heteroatoms. The molecule has 0 saturated carbocycles. The Hall–Kier alpha value is 0.136. The maximum absolute atomic E-state index is 9.75. The van der Waals surface area contributed by atoms with Crippen LogP contribution in [0, 0.1) is 0 Å². The molecule has 0 saturated heterocycles. The summed E-state index contributed by atoms with van der Waals surface area (Å²) in [4.78, 5) is 0. The van der Waals surface area contributed by atoms with Crippen LogP contribution in [0.3, 0.4) is 0 Å². The minimum atomic E-state index is -3.23. The van der Waals surface area contributed by atoms with Gasteiger partial charge in [-0.1, -0.05) is 0 Å². The van der Waals surface area contributed by atoms with Gasteiger partial charge in [0.2, 0.25) is 0 Å². The molecule has 38 valence electrons. The van der Waals surface area contributed by atoms with Crippen LogP contribution in [0.2, 0.25) is 0 Å². The summed E-state index contributed by atoms with van der Waals surface area (Å²) in [5.74, 6) is 0. The van der Waals surface area contributed by atoms with Crippen LogP contribution >= 0.6 is 0 Å². The van der Waals surface area contributed by atoms with Gasteiger partial charge in [0.1, 0.15) is 0 Å². The SMILES string of the molecule is C=[C](C)[Os](=[O])[O-]. The first-order valence-corrected chi connectivity index (χ1v) is 4.66. The summed E-state index contributed by atoms with van der Waals surface area (Å²) in [5.41, 5.74) is 0. The van der Waals surface area contributed by atoms with E-state index in [0.717, 1.165) is 0 Å². The minimum absolute atomic E-state index is 0.324. The molecule has 0 aromatic rings. The molecule has 0 aromatic carbocycles. The molecule has 0 rings (SSSR count). The molecule has 0 spiro atoms. The average molecular weight is 263 g/mol. The van der Waals surface area contributed by atoms with E-state index < -0.39 is 16.5 Å². The fourth-order valence-corrected chi connectivity index (χ4v) is 0. The summed E-state index contributed by atoms with van der Waals surface area (Å²) in [5, 5.41) is 0. The molecule has 6 heavy (non-hydrogen) atoms. The van der Waals surface area contributed by atoms with Gasteiger partial charge in [-0.25, -0.2) is 0 Å². The van der Waals surface area contributed by atoms with Crippen molar-refractivity contribution in [2.24, 2.45) is 0 Å². The summed E-state index contributed by atoms with van der Waals surface area (Å²) < 4.78 is 19.8. The van der Waals surface area contributed by atoms with Gasteiger partial charge < -0.3 is 0 Å². The normalized spacial score (nSPS) is 10.7. The van der Waals surface area contributed by atoms with E-state index in [9.17, 15) is 7.44 Å². The van der Waals surface area contributed by atoms with Crippen molar-refractivity contribution in [1.29, 1.82) is 0 Å². The molecule has 0 amide bonds. The van der Waals surface area contributed by atoms with Gasteiger partial charge in [0.15, 0.2) is 0 Å². The topological polar surface area (TPSA) is 40.1 Å². The summed E-state index contributed by atoms with van der Waals surface area (Å²) in [6, 6.07) is 0. The molecular weight excluding hydrogens is 258 g/mol. The van der Waals surface area contributed by atoms with Gasteiger partial charge in [0, 0.05) is 0 Å². The van der Waals surface area contributed by atoms with Crippen molar-refractivity contribution in [2.45, 2.75) is 6.92 Å². The van der Waals surface area contributed by atoms with Crippen LogP contribution in [0.4, 0.5) is 0 Å². The first-order chi connectivity index (χ1) is 2.64. The van der Waals surface area contributed by atoms with Crippen LogP contribution in [0.5, 0.6) is 0 Å². The van der Waals surface area contributed by atoms with Crippen LogP contribution < -0.4 is 3.90 Å². The van der Waals surface area contributed by atoms with Crippen LogP contribution in [0.15, 0.2) is 10.7 Å². The second-order valence-electron chi connectivity index (χ2n) is 0.859. The van der Waals surface area contributed by atoms with Crippen molar-refractivity contribution in [3.8, 4) is 0 Å². The fourth-order valence-electron chi connectivity index (χ4n) is 0. The molecule has 0 heterocycles. The molecule has 0 bridgehead atoms. The van der Waals surface area contributed by atoms with Crippen molar-refractivity contribution in [2.75, 3.05) is 0 Å². The van der Waals surface area contributed by atoms with E-state index in [2.05, 4.69) is 6.58 Å². The average Bonchev–Trinajstić information content (AvgIpc) is 1.36. The fraction of sp³-hybridized carbons (Fsp3) is 0.333. The summed E-state index contributed by atoms with van der Waals surface area (Å²) >= 11 is -3.23. The zero-order chi connectivity index (χ0) is 5.15. The zero-order valence-corrected chi connectivity index (χ0v) is 5.92. The van der Waals surface area contributed by atoms with Gasteiger partial charge in [-0.3, -0.25) is 0 Å².